The van der Waals surface area contributed by atoms with Gasteiger partial charge in [-0.25, -0.2) is 5.43 Å². The van der Waals surface area contributed by atoms with E-state index in [1.807, 2.05) is 37.4 Å². The molecule has 0 atom stereocenters. The molecule has 0 bridgehead atoms. The Bertz CT molecular complexity index is 651. The van der Waals surface area contributed by atoms with Crippen molar-refractivity contribution in [2.75, 3.05) is 7.11 Å². The van der Waals surface area contributed by atoms with Gasteiger partial charge in [-0.3, -0.25) is 4.79 Å². The fraction of sp³-hybridized carbons (Fsp3) is 0.250. The fourth-order valence-electron chi connectivity index (χ4n) is 1.74. The van der Waals surface area contributed by atoms with Gasteiger partial charge in [0, 0.05) is 0 Å². The van der Waals surface area contributed by atoms with Gasteiger partial charge in [0.05, 0.1) is 24.3 Å². The lowest BCUT2D eigenvalue weighted by Crippen LogP contribution is -2.16. The van der Waals surface area contributed by atoms with E-state index in [0.29, 0.717) is 16.4 Å². The third-order valence-corrected chi connectivity index (χ3v) is 3.54. The summed E-state index contributed by atoms with van der Waals surface area (Å²) in [6.07, 6.45) is 1.63. The zero-order valence-corrected chi connectivity index (χ0v) is 13.5. The topological polar surface area (TPSA) is 59.9 Å². The summed E-state index contributed by atoms with van der Waals surface area (Å²) >= 11 is 1.37. The zero-order chi connectivity index (χ0) is 15.9. The molecular weight excluding hydrogens is 300 g/mol. The molecule has 2 aromatic rings. The molecule has 1 amide bonds. The Labute approximate surface area is 133 Å². The molecule has 1 N–H and O–H groups in total. The number of ether oxygens (including phenoxy) is 2. The molecule has 0 aliphatic rings. The Hall–Kier alpha value is -2.34. The number of nitrogens with one attached hydrogen (secondary N) is 1. The van der Waals surface area contributed by atoms with Crippen LogP contribution in [0.25, 0.3) is 0 Å². The summed E-state index contributed by atoms with van der Waals surface area (Å²) in [5.74, 6) is 1.08. The predicted molar refractivity (Wildman–Crippen MR) is 88.1 cm³/mol. The van der Waals surface area contributed by atoms with Gasteiger partial charge in [0.1, 0.15) is 0 Å². The normalized spacial score (nSPS) is 10.9. The average Bonchev–Trinajstić information content (AvgIpc) is 3.02. The van der Waals surface area contributed by atoms with Crippen LogP contribution in [0, 0.1) is 0 Å². The van der Waals surface area contributed by atoms with Crippen molar-refractivity contribution in [2.24, 2.45) is 5.10 Å². The Balaban J connectivity index is 2.03. The standard InChI is InChI=1S/C16H18N2O3S/c1-11(2)21-13-7-6-12(9-14(13)20-3)10-17-18-16(19)15-5-4-8-22-15/h4-11H,1-3H3,(H,18,19). The second kappa shape index (κ2) is 7.61. The number of hydrazone groups is 1. The summed E-state index contributed by atoms with van der Waals surface area (Å²) in [5.41, 5.74) is 3.29. The number of methoxy groups -OCH3 is 1. The van der Waals surface area contributed by atoms with Gasteiger partial charge in [0.25, 0.3) is 5.91 Å². The molecule has 6 heteroatoms. The predicted octanol–water partition coefficient (Wildman–Crippen LogP) is 3.31. The van der Waals surface area contributed by atoms with E-state index in [-0.39, 0.29) is 12.0 Å². The zero-order valence-electron chi connectivity index (χ0n) is 12.7. The first-order valence-corrected chi connectivity index (χ1v) is 7.69. The number of rotatable bonds is 6. The van der Waals surface area contributed by atoms with Crippen LogP contribution < -0.4 is 14.9 Å². The van der Waals surface area contributed by atoms with Gasteiger partial charge in [0.15, 0.2) is 11.5 Å². The molecule has 0 aliphatic heterocycles. The molecule has 22 heavy (non-hydrogen) atoms. The van der Waals surface area contributed by atoms with Crippen LogP contribution in [0.3, 0.4) is 0 Å². The highest BCUT2D eigenvalue weighted by molar-refractivity contribution is 7.12. The highest BCUT2D eigenvalue weighted by Crippen LogP contribution is 2.28. The molecule has 0 unspecified atom stereocenters. The SMILES string of the molecule is COc1cc(C=NNC(=O)c2cccs2)ccc1OC(C)C. The molecule has 5 nitrogen and oxygen atoms in total. The lowest BCUT2D eigenvalue weighted by molar-refractivity contribution is 0.0959. The molecule has 1 aromatic carbocycles. The highest BCUT2D eigenvalue weighted by Gasteiger charge is 2.07. The molecule has 2 rings (SSSR count). The third kappa shape index (κ3) is 4.33. The van der Waals surface area contributed by atoms with Crippen molar-refractivity contribution in [3.8, 4) is 11.5 Å². The molecule has 0 fully saturated rings. The Kier molecular flexibility index (Phi) is 5.55. The van der Waals surface area contributed by atoms with Crippen molar-refractivity contribution >= 4 is 23.5 Å². The maximum absolute atomic E-state index is 11.7. The van der Waals surface area contributed by atoms with Crippen LogP contribution in [0.15, 0.2) is 40.8 Å². The number of hydrogen-bond donors (Lipinski definition) is 1. The monoisotopic (exact) mass is 318 g/mol. The van der Waals surface area contributed by atoms with E-state index in [2.05, 4.69) is 10.5 Å². The number of hydrogen-bond acceptors (Lipinski definition) is 5. The highest BCUT2D eigenvalue weighted by atomic mass is 32.1. The van der Waals surface area contributed by atoms with E-state index in [0.717, 1.165) is 5.56 Å². The molecular formula is C16H18N2O3S. The molecule has 0 saturated heterocycles. The van der Waals surface area contributed by atoms with Gasteiger partial charge < -0.3 is 9.47 Å². The van der Waals surface area contributed by atoms with Crippen molar-refractivity contribution in [3.63, 3.8) is 0 Å². The molecule has 116 valence electrons. The molecule has 0 saturated carbocycles. The summed E-state index contributed by atoms with van der Waals surface area (Å²) in [4.78, 5) is 12.4. The number of thiophene rings is 1. The van der Waals surface area contributed by atoms with Gasteiger partial charge in [-0.1, -0.05) is 6.07 Å². The van der Waals surface area contributed by atoms with Crippen molar-refractivity contribution in [1.82, 2.24) is 5.43 Å². The smallest absolute Gasteiger partial charge is 0.281 e. The molecule has 1 heterocycles. The van der Waals surface area contributed by atoms with Crippen molar-refractivity contribution in [2.45, 2.75) is 20.0 Å². The number of benzene rings is 1. The summed E-state index contributed by atoms with van der Waals surface area (Å²) in [6, 6.07) is 9.04. The van der Waals surface area contributed by atoms with Gasteiger partial charge in [0.2, 0.25) is 0 Å². The first-order chi connectivity index (χ1) is 10.6. The van der Waals surface area contributed by atoms with Crippen LogP contribution in [-0.2, 0) is 0 Å². The van der Waals surface area contributed by atoms with Gasteiger partial charge in [-0.2, -0.15) is 5.10 Å². The average molecular weight is 318 g/mol. The molecule has 0 aliphatic carbocycles. The Morgan fingerprint density at radius 2 is 2.14 bits per heavy atom. The minimum atomic E-state index is -0.224. The van der Waals surface area contributed by atoms with Crippen molar-refractivity contribution < 1.29 is 14.3 Å². The summed E-state index contributed by atoms with van der Waals surface area (Å²) in [6.45, 7) is 3.91. The molecule has 1 aromatic heterocycles. The first-order valence-electron chi connectivity index (χ1n) is 6.81. The summed E-state index contributed by atoms with van der Waals surface area (Å²) < 4.78 is 10.9. The number of amides is 1. The minimum absolute atomic E-state index is 0.0681. The van der Waals surface area contributed by atoms with Crippen LogP contribution in [0.4, 0.5) is 0 Å². The largest absolute Gasteiger partial charge is 0.493 e. The van der Waals surface area contributed by atoms with E-state index in [4.69, 9.17) is 9.47 Å². The summed E-state index contributed by atoms with van der Waals surface area (Å²) in [5, 5.41) is 5.79. The van der Waals surface area contributed by atoms with E-state index in [1.165, 1.54) is 11.3 Å². The van der Waals surface area contributed by atoms with Crippen LogP contribution >= 0.6 is 11.3 Å². The van der Waals surface area contributed by atoms with Crippen molar-refractivity contribution in [1.29, 1.82) is 0 Å². The number of carbonyl (C=O) groups excluding carboxylic acids is 1. The quantitative estimate of drug-likeness (QED) is 0.656. The van der Waals surface area contributed by atoms with Crippen LogP contribution in [-0.4, -0.2) is 25.3 Å². The first kappa shape index (κ1) is 16.0. The van der Waals surface area contributed by atoms with Gasteiger partial charge in [-0.05, 0) is 49.1 Å². The third-order valence-electron chi connectivity index (χ3n) is 2.68. The van der Waals surface area contributed by atoms with E-state index < -0.39 is 0 Å². The Morgan fingerprint density at radius 1 is 1.32 bits per heavy atom. The van der Waals surface area contributed by atoms with Crippen LogP contribution in [0.1, 0.15) is 29.1 Å². The molecule has 0 radical (unpaired) electrons. The maximum Gasteiger partial charge on any atom is 0.281 e. The van der Waals surface area contributed by atoms with Gasteiger partial charge in [-0.15, -0.1) is 11.3 Å². The van der Waals surface area contributed by atoms with E-state index >= 15 is 0 Å². The summed E-state index contributed by atoms with van der Waals surface area (Å²) in [7, 11) is 1.59. The fourth-order valence-corrected chi connectivity index (χ4v) is 2.36. The van der Waals surface area contributed by atoms with Gasteiger partial charge >= 0.3 is 0 Å². The number of nitrogens with zero attached hydrogens (tertiary/aromatic N) is 1. The Morgan fingerprint density at radius 3 is 2.77 bits per heavy atom. The molecule has 0 spiro atoms. The minimum Gasteiger partial charge on any atom is -0.493 e. The van der Waals surface area contributed by atoms with E-state index in [1.54, 1.807) is 25.5 Å². The second-order valence-electron chi connectivity index (χ2n) is 4.75. The van der Waals surface area contributed by atoms with E-state index in [9.17, 15) is 4.79 Å². The lowest BCUT2D eigenvalue weighted by atomic mass is 10.2. The number of carbonyl (C=O) groups is 1. The second-order valence-corrected chi connectivity index (χ2v) is 5.70. The van der Waals surface area contributed by atoms with Crippen molar-refractivity contribution in [3.05, 3.63) is 46.2 Å². The maximum atomic E-state index is 11.7. The van der Waals surface area contributed by atoms with Crippen LogP contribution in [0.5, 0.6) is 11.5 Å². The van der Waals surface area contributed by atoms with Crippen LogP contribution in [0.2, 0.25) is 0 Å². The lowest BCUT2D eigenvalue weighted by Gasteiger charge is -2.13.